The molecule has 3 rings (SSSR count). The van der Waals surface area contributed by atoms with Crippen LogP contribution in [0.15, 0.2) is 18.3 Å². The molecular formula is C11H15N5. The molecule has 1 saturated heterocycles. The van der Waals surface area contributed by atoms with Crippen molar-refractivity contribution in [1.82, 2.24) is 19.9 Å². The monoisotopic (exact) mass is 217 g/mol. The zero-order valence-corrected chi connectivity index (χ0v) is 9.06. The van der Waals surface area contributed by atoms with E-state index in [0.717, 1.165) is 30.1 Å². The highest BCUT2D eigenvalue weighted by atomic mass is 15.2. The van der Waals surface area contributed by atoms with Crippen LogP contribution in [0.1, 0.15) is 18.7 Å². The average Bonchev–Trinajstić information content (AvgIpc) is 2.89. The molecule has 0 aromatic carbocycles. The molecule has 3 heterocycles. The summed E-state index contributed by atoms with van der Waals surface area (Å²) in [6.45, 7) is 1.12. The Morgan fingerprint density at radius 2 is 2.44 bits per heavy atom. The van der Waals surface area contributed by atoms with E-state index in [9.17, 15) is 0 Å². The van der Waals surface area contributed by atoms with Crippen molar-refractivity contribution in [2.45, 2.75) is 25.3 Å². The summed E-state index contributed by atoms with van der Waals surface area (Å²) in [5, 5.41) is 11.8. The summed E-state index contributed by atoms with van der Waals surface area (Å²) >= 11 is 0. The number of nitrogens with zero attached hydrogens (tertiary/aromatic N) is 3. The molecule has 2 aromatic rings. The first kappa shape index (κ1) is 9.59. The first-order chi connectivity index (χ1) is 7.83. The lowest BCUT2D eigenvalue weighted by molar-refractivity contribution is 0.582. The lowest BCUT2D eigenvalue weighted by Gasteiger charge is -2.07. The molecule has 5 nitrogen and oxygen atoms in total. The van der Waals surface area contributed by atoms with Crippen molar-refractivity contribution in [3.8, 4) is 0 Å². The second kappa shape index (κ2) is 3.75. The standard InChI is InChI=1S/C11H15N5/c12-8-3-5-16-10(6-8)14-15-11(16)7-9-2-1-4-13-9/h3,5-6,9,13H,1-2,4,7,12H2. The van der Waals surface area contributed by atoms with Gasteiger partial charge in [0.05, 0.1) is 0 Å². The molecule has 0 bridgehead atoms. The van der Waals surface area contributed by atoms with Gasteiger partial charge in [-0.1, -0.05) is 0 Å². The van der Waals surface area contributed by atoms with Gasteiger partial charge in [-0.15, -0.1) is 10.2 Å². The molecule has 5 heteroatoms. The average molecular weight is 217 g/mol. The van der Waals surface area contributed by atoms with Gasteiger partial charge in [0.15, 0.2) is 5.65 Å². The Morgan fingerprint density at radius 1 is 1.50 bits per heavy atom. The molecule has 1 fully saturated rings. The van der Waals surface area contributed by atoms with Gasteiger partial charge in [0, 0.05) is 30.4 Å². The Morgan fingerprint density at radius 3 is 3.25 bits per heavy atom. The van der Waals surface area contributed by atoms with Crippen LogP contribution in [0, 0.1) is 0 Å². The summed E-state index contributed by atoms with van der Waals surface area (Å²) in [5.74, 6) is 1.01. The van der Waals surface area contributed by atoms with Gasteiger partial charge in [-0.25, -0.2) is 0 Å². The zero-order chi connectivity index (χ0) is 11.0. The van der Waals surface area contributed by atoms with Gasteiger partial charge in [0.25, 0.3) is 0 Å². The number of nitrogen functional groups attached to an aromatic ring is 1. The van der Waals surface area contributed by atoms with Gasteiger partial charge < -0.3 is 11.1 Å². The molecule has 1 aliphatic heterocycles. The quantitative estimate of drug-likeness (QED) is 0.773. The van der Waals surface area contributed by atoms with Crippen LogP contribution in [-0.4, -0.2) is 27.2 Å². The number of aromatic nitrogens is 3. The van der Waals surface area contributed by atoms with E-state index in [1.807, 2.05) is 22.7 Å². The van der Waals surface area contributed by atoms with Gasteiger partial charge in [-0.2, -0.15) is 0 Å². The zero-order valence-electron chi connectivity index (χ0n) is 9.06. The highest BCUT2D eigenvalue weighted by Crippen LogP contribution is 2.13. The topological polar surface area (TPSA) is 68.2 Å². The molecule has 1 unspecified atom stereocenters. The first-order valence-electron chi connectivity index (χ1n) is 5.65. The number of fused-ring (bicyclic) bond motifs is 1. The minimum absolute atomic E-state index is 0.546. The summed E-state index contributed by atoms with van der Waals surface area (Å²) in [6.07, 6.45) is 5.36. The summed E-state index contributed by atoms with van der Waals surface area (Å²) in [4.78, 5) is 0. The molecular weight excluding hydrogens is 202 g/mol. The third-order valence-corrected chi connectivity index (χ3v) is 3.10. The number of hydrogen-bond acceptors (Lipinski definition) is 4. The molecule has 84 valence electrons. The molecule has 16 heavy (non-hydrogen) atoms. The van der Waals surface area contributed by atoms with Crippen molar-refractivity contribution in [2.75, 3.05) is 12.3 Å². The maximum Gasteiger partial charge on any atom is 0.162 e. The first-order valence-corrected chi connectivity index (χ1v) is 5.65. The van der Waals surface area contributed by atoms with Crippen LogP contribution in [0.25, 0.3) is 5.65 Å². The Balaban J connectivity index is 1.91. The van der Waals surface area contributed by atoms with E-state index >= 15 is 0 Å². The van der Waals surface area contributed by atoms with Crippen molar-refractivity contribution in [3.05, 3.63) is 24.2 Å². The van der Waals surface area contributed by atoms with Crippen LogP contribution in [0.5, 0.6) is 0 Å². The number of anilines is 1. The maximum atomic E-state index is 5.70. The van der Waals surface area contributed by atoms with Gasteiger partial charge >= 0.3 is 0 Å². The van der Waals surface area contributed by atoms with Crippen LogP contribution in [0.4, 0.5) is 5.69 Å². The third-order valence-electron chi connectivity index (χ3n) is 3.10. The Kier molecular flexibility index (Phi) is 2.25. The summed E-state index contributed by atoms with van der Waals surface area (Å²) in [7, 11) is 0. The van der Waals surface area contributed by atoms with Gasteiger partial charge in [0.1, 0.15) is 5.82 Å². The van der Waals surface area contributed by atoms with Crippen LogP contribution in [-0.2, 0) is 6.42 Å². The third kappa shape index (κ3) is 1.63. The Labute approximate surface area is 93.7 Å². The lowest BCUT2D eigenvalue weighted by atomic mass is 10.1. The summed E-state index contributed by atoms with van der Waals surface area (Å²) < 4.78 is 2.01. The van der Waals surface area contributed by atoms with E-state index < -0.39 is 0 Å². The molecule has 0 aliphatic carbocycles. The maximum absolute atomic E-state index is 5.70. The molecule has 1 aliphatic rings. The Bertz CT molecular complexity index is 498. The predicted octanol–water partition coefficient (Wildman–Crippen LogP) is 0.606. The fourth-order valence-electron chi connectivity index (χ4n) is 2.25. The SMILES string of the molecule is Nc1ccn2c(CC3CCCN3)nnc2c1. The molecule has 0 amide bonds. The van der Waals surface area contributed by atoms with Gasteiger partial charge in [0.2, 0.25) is 0 Å². The molecule has 3 N–H and O–H groups in total. The van der Waals surface area contributed by atoms with Gasteiger partial charge in [-0.05, 0) is 25.5 Å². The smallest absolute Gasteiger partial charge is 0.162 e. The van der Waals surface area contributed by atoms with Crippen molar-refractivity contribution < 1.29 is 0 Å². The number of pyridine rings is 1. The molecule has 0 spiro atoms. The minimum Gasteiger partial charge on any atom is -0.399 e. The summed E-state index contributed by atoms with van der Waals surface area (Å²) in [5.41, 5.74) is 7.26. The van der Waals surface area contributed by atoms with E-state index in [1.165, 1.54) is 12.8 Å². The number of nitrogens with one attached hydrogen (secondary N) is 1. The van der Waals surface area contributed by atoms with Crippen LogP contribution >= 0.6 is 0 Å². The molecule has 1 atom stereocenters. The largest absolute Gasteiger partial charge is 0.399 e. The van der Waals surface area contributed by atoms with E-state index in [0.29, 0.717) is 6.04 Å². The number of nitrogens with two attached hydrogens (primary N) is 1. The lowest BCUT2D eigenvalue weighted by Crippen LogP contribution is -2.24. The minimum atomic E-state index is 0.546. The van der Waals surface area contributed by atoms with Gasteiger partial charge in [-0.3, -0.25) is 4.40 Å². The van der Waals surface area contributed by atoms with Crippen molar-refractivity contribution in [3.63, 3.8) is 0 Å². The van der Waals surface area contributed by atoms with Crippen LogP contribution in [0.2, 0.25) is 0 Å². The highest BCUT2D eigenvalue weighted by molar-refractivity contribution is 5.51. The van der Waals surface area contributed by atoms with E-state index in [-0.39, 0.29) is 0 Å². The second-order valence-corrected chi connectivity index (χ2v) is 4.30. The molecule has 0 saturated carbocycles. The van der Waals surface area contributed by atoms with Crippen molar-refractivity contribution >= 4 is 11.3 Å². The predicted molar refractivity (Wildman–Crippen MR) is 62.1 cm³/mol. The van der Waals surface area contributed by atoms with Crippen LogP contribution in [0.3, 0.4) is 0 Å². The second-order valence-electron chi connectivity index (χ2n) is 4.30. The van der Waals surface area contributed by atoms with Crippen molar-refractivity contribution in [2.24, 2.45) is 0 Å². The number of hydrogen-bond donors (Lipinski definition) is 2. The molecule has 2 aromatic heterocycles. The van der Waals surface area contributed by atoms with Crippen LogP contribution < -0.4 is 11.1 Å². The van der Waals surface area contributed by atoms with Crippen molar-refractivity contribution in [1.29, 1.82) is 0 Å². The fourth-order valence-corrected chi connectivity index (χ4v) is 2.25. The normalized spacial score (nSPS) is 20.6. The molecule has 0 radical (unpaired) electrons. The van der Waals surface area contributed by atoms with E-state index in [1.54, 1.807) is 0 Å². The number of rotatable bonds is 2. The fraction of sp³-hybridized carbons (Fsp3) is 0.455. The summed E-state index contributed by atoms with van der Waals surface area (Å²) in [6, 6.07) is 4.27. The highest BCUT2D eigenvalue weighted by Gasteiger charge is 2.17. The van der Waals surface area contributed by atoms with E-state index in [4.69, 9.17) is 5.73 Å². The Hall–Kier alpha value is -1.62. The van der Waals surface area contributed by atoms with E-state index in [2.05, 4.69) is 15.5 Å².